The summed E-state index contributed by atoms with van der Waals surface area (Å²) in [6.45, 7) is 0. The van der Waals surface area contributed by atoms with E-state index in [0.717, 1.165) is 41.8 Å². The van der Waals surface area contributed by atoms with E-state index in [2.05, 4.69) is 17.4 Å². The van der Waals surface area contributed by atoms with Crippen molar-refractivity contribution in [1.82, 2.24) is 0 Å². The molecular weight excluding hydrogens is 258 g/mol. The Balaban J connectivity index is 2.03. The van der Waals surface area contributed by atoms with Gasteiger partial charge in [-0.15, -0.1) is 0 Å². The standard InChI is InChI=1S/C19H19NO/c21-18-14-8-7-13-17(18)19(15-9-3-1-4-10-15)20-16-11-5-2-6-12-16/h1-6,9-12,20H,7-8,13-14H2/b19-17-. The predicted octanol–water partition coefficient (Wildman–Crippen LogP) is 4.65. The minimum Gasteiger partial charge on any atom is -0.355 e. The minimum atomic E-state index is 0.281. The van der Waals surface area contributed by atoms with E-state index in [1.807, 2.05) is 48.5 Å². The lowest BCUT2D eigenvalue weighted by Crippen LogP contribution is -2.14. The lowest BCUT2D eigenvalue weighted by molar-refractivity contribution is -0.116. The number of hydrogen-bond donors (Lipinski definition) is 1. The molecule has 0 radical (unpaired) electrons. The third-order valence-electron chi connectivity index (χ3n) is 3.82. The summed E-state index contributed by atoms with van der Waals surface area (Å²) in [6, 6.07) is 20.2. The fraction of sp³-hybridized carbons (Fsp3) is 0.211. The van der Waals surface area contributed by atoms with Gasteiger partial charge in [-0.05, 0) is 37.0 Å². The van der Waals surface area contributed by atoms with Crippen LogP contribution in [-0.4, -0.2) is 5.78 Å². The summed E-state index contributed by atoms with van der Waals surface area (Å²) in [5.41, 5.74) is 4.00. The van der Waals surface area contributed by atoms with Crippen molar-refractivity contribution >= 4 is 17.2 Å². The molecule has 2 aromatic rings. The molecule has 1 saturated carbocycles. The molecule has 1 aliphatic carbocycles. The number of allylic oxidation sites excluding steroid dienone is 1. The molecule has 2 aromatic carbocycles. The van der Waals surface area contributed by atoms with Crippen molar-refractivity contribution in [3.8, 4) is 0 Å². The van der Waals surface area contributed by atoms with Crippen LogP contribution >= 0.6 is 0 Å². The molecule has 0 unspecified atom stereocenters. The number of carbonyl (C=O) groups is 1. The topological polar surface area (TPSA) is 29.1 Å². The first-order valence-corrected chi connectivity index (χ1v) is 7.48. The Morgan fingerprint density at radius 3 is 2.10 bits per heavy atom. The molecule has 2 heteroatoms. The Kier molecular flexibility index (Phi) is 4.15. The number of ketones is 1. The Labute approximate surface area is 125 Å². The lowest BCUT2D eigenvalue weighted by Gasteiger charge is -2.20. The molecule has 0 aliphatic heterocycles. The zero-order valence-electron chi connectivity index (χ0n) is 12.0. The molecule has 2 nitrogen and oxygen atoms in total. The third kappa shape index (κ3) is 3.22. The van der Waals surface area contributed by atoms with Crippen LogP contribution in [0.2, 0.25) is 0 Å². The summed E-state index contributed by atoms with van der Waals surface area (Å²) in [6.07, 6.45) is 3.63. The maximum Gasteiger partial charge on any atom is 0.160 e. The first-order valence-electron chi connectivity index (χ1n) is 7.48. The summed E-state index contributed by atoms with van der Waals surface area (Å²) in [4.78, 5) is 12.3. The van der Waals surface area contributed by atoms with Gasteiger partial charge in [0.05, 0.1) is 5.70 Å². The Morgan fingerprint density at radius 2 is 1.43 bits per heavy atom. The van der Waals surface area contributed by atoms with Gasteiger partial charge in [0.1, 0.15) is 0 Å². The number of Topliss-reactive ketones (excluding diaryl/α,β-unsaturated/α-hetero) is 1. The van der Waals surface area contributed by atoms with Crippen LogP contribution in [-0.2, 0) is 4.79 Å². The average molecular weight is 277 g/mol. The molecule has 21 heavy (non-hydrogen) atoms. The third-order valence-corrected chi connectivity index (χ3v) is 3.82. The largest absolute Gasteiger partial charge is 0.355 e. The zero-order valence-corrected chi connectivity index (χ0v) is 12.0. The van der Waals surface area contributed by atoms with Crippen LogP contribution in [0.4, 0.5) is 5.69 Å². The Bertz CT molecular complexity index is 644. The maximum absolute atomic E-state index is 12.3. The van der Waals surface area contributed by atoms with Crippen molar-refractivity contribution in [2.75, 3.05) is 5.32 Å². The number of hydrogen-bond acceptors (Lipinski definition) is 2. The zero-order chi connectivity index (χ0) is 14.5. The average Bonchev–Trinajstić information content (AvgIpc) is 2.55. The van der Waals surface area contributed by atoms with Crippen molar-refractivity contribution in [2.45, 2.75) is 25.7 Å². The quantitative estimate of drug-likeness (QED) is 0.827. The van der Waals surface area contributed by atoms with E-state index >= 15 is 0 Å². The first-order chi connectivity index (χ1) is 10.3. The van der Waals surface area contributed by atoms with Gasteiger partial charge in [-0.25, -0.2) is 0 Å². The van der Waals surface area contributed by atoms with Crippen LogP contribution in [0.1, 0.15) is 31.2 Å². The molecule has 106 valence electrons. The van der Waals surface area contributed by atoms with Crippen molar-refractivity contribution in [3.05, 3.63) is 71.8 Å². The van der Waals surface area contributed by atoms with Crippen LogP contribution < -0.4 is 5.32 Å². The Morgan fingerprint density at radius 1 is 0.810 bits per heavy atom. The molecule has 1 fully saturated rings. The second-order valence-electron chi connectivity index (χ2n) is 5.34. The van der Waals surface area contributed by atoms with Crippen molar-refractivity contribution in [1.29, 1.82) is 0 Å². The van der Waals surface area contributed by atoms with E-state index in [4.69, 9.17) is 0 Å². The Hall–Kier alpha value is -2.35. The van der Waals surface area contributed by atoms with Gasteiger partial charge in [-0.2, -0.15) is 0 Å². The van der Waals surface area contributed by atoms with Gasteiger partial charge in [0, 0.05) is 17.7 Å². The van der Waals surface area contributed by atoms with Crippen molar-refractivity contribution in [3.63, 3.8) is 0 Å². The molecule has 0 aromatic heterocycles. The normalized spacial score (nSPS) is 17.4. The van der Waals surface area contributed by atoms with Gasteiger partial charge in [-0.3, -0.25) is 4.79 Å². The highest BCUT2D eigenvalue weighted by Gasteiger charge is 2.20. The predicted molar refractivity (Wildman–Crippen MR) is 86.9 cm³/mol. The summed E-state index contributed by atoms with van der Waals surface area (Å²) < 4.78 is 0. The number of rotatable bonds is 3. The van der Waals surface area contributed by atoms with Gasteiger partial charge in [0.25, 0.3) is 0 Å². The number of para-hydroxylation sites is 1. The number of anilines is 1. The number of nitrogens with one attached hydrogen (secondary N) is 1. The van der Waals surface area contributed by atoms with Gasteiger partial charge >= 0.3 is 0 Å². The van der Waals surface area contributed by atoms with Gasteiger partial charge < -0.3 is 5.32 Å². The molecule has 1 N–H and O–H groups in total. The molecule has 0 bridgehead atoms. The molecule has 0 heterocycles. The molecule has 0 spiro atoms. The van der Waals surface area contributed by atoms with Crippen LogP contribution in [0.3, 0.4) is 0 Å². The van der Waals surface area contributed by atoms with Gasteiger partial charge in [-0.1, -0.05) is 48.5 Å². The SMILES string of the molecule is O=C1CCCC/C1=C(/Nc1ccccc1)c1ccccc1. The van der Waals surface area contributed by atoms with Gasteiger partial charge in [0.2, 0.25) is 0 Å². The van der Waals surface area contributed by atoms with Crippen molar-refractivity contribution in [2.24, 2.45) is 0 Å². The smallest absolute Gasteiger partial charge is 0.160 e. The maximum atomic E-state index is 12.3. The summed E-state index contributed by atoms with van der Waals surface area (Å²) >= 11 is 0. The van der Waals surface area contributed by atoms with E-state index in [1.165, 1.54) is 0 Å². The second kappa shape index (κ2) is 6.40. The van der Waals surface area contributed by atoms with E-state index in [1.54, 1.807) is 0 Å². The fourth-order valence-corrected chi connectivity index (χ4v) is 2.73. The van der Waals surface area contributed by atoms with Crippen LogP contribution in [0.25, 0.3) is 5.70 Å². The molecule has 0 atom stereocenters. The highest BCUT2D eigenvalue weighted by Crippen LogP contribution is 2.29. The second-order valence-corrected chi connectivity index (χ2v) is 5.34. The first kappa shape index (κ1) is 13.6. The fourth-order valence-electron chi connectivity index (χ4n) is 2.73. The summed E-state index contributed by atoms with van der Waals surface area (Å²) in [7, 11) is 0. The van der Waals surface area contributed by atoms with Gasteiger partial charge in [0.15, 0.2) is 5.78 Å². The molecule has 0 amide bonds. The summed E-state index contributed by atoms with van der Waals surface area (Å²) in [5.74, 6) is 0.281. The van der Waals surface area contributed by atoms with Crippen LogP contribution in [0, 0.1) is 0 Å². The molecule has 3 rings (SSSR count). The highest BCUT2D eigenvalue weighted by atomic mass is 16.1. The van der Waals surface area contributed by atoms with E-state index in [0.29, 0.717) is 6.42 Å². The van der Waals surface area contributed by atoms with Crippen LogP contribution in [0.15, 0.2) is 66.2 Å². The lowest BCUT2D eigenvalue weighted by atomic mass is 9.90. The van der Waals surface area contributed by atoms with Crippen molar-refractivity contribution < 1.29 is 4.79 Å². The molecular formula is C19H19NO. The van der Waals surface area contributed by atoms with E-state index < -0.39 is 0 Å². The monoisotopic (exact) mass is 277 g/mol. The minimum absolute atomic E-state index is 0.281. The molecule has 1 aliphatic rings. The molecule has 0 saturated heterocycles. The number of carbonyl (C=O) groups excluding carboxylic acids is 1. The summed E-state index contributed by atoms with van der Waals surface area (Å²) in [5, 5.41) is 3.45. The number of benzene rings is 2. The van der Waals surface area contributed by atoms with Crippen LogP contribution in [0.5, 0.6) is 0 Å². The highest BCUT2D eigenvalue weighted by molar-refractivity contribution is 6.04. The van der Waals surface area contributed by atoms with E-state index in [-0.39, 0.29) is 5.78 Å². The van der Waals surface area contributed by atoms with E-state index in [9.17, 15) is 4.79 Å².